The minimum absolute atomic E-state index is 0.166. The summed E-state index contributed by atoms with van der Waals surface area (Å²) < 4.78 is 5.57. The van der Waals surface area contributed by atoms with Crippen molar-refractivity contribution >= 4 is 5.97 Å². The van der Waals surface area contributed by atoms with Crippen LogP contribution in [0.25, 0.3) is 0 Å². The largest absolute Gasteiger partial charge is 0.449 e. The van der Waals surface area contributed by atoms with Crippen molar-refractivity contribution in [1.82, 2.24) is 4.90 Å². The monoisotopic (exact) mass is 203 g/mol. The molecule has 1 aromatic rings. The molecule has 15 heavy (non-hydrogen) atoms. The molecule has 0 aromatic heterocycles. The van der Waals surface area contributed by atoms with E-state index in [1.807, 2.05) is 24.3 Å². The summed E-state index contributed by atoms with van der Waals surface area (Å²) in [5, 5.41) is 0. The van der Waals surface area contributed by atoms with Crippen molar-refractivity contribution in [3.05, 3.63) is 35.4 Å². The normalized spacial score (nSPS) is 29.5. The van der Waals surface area contributed by atoms with Gasteiger partial charge in [-0.1, -0.05) is 18.2 Å². The number of rotatable bonds is 0. The molecule has 2 aliphatic heterocycles. The molecule has 2 aliphatic rings. The Balaban J connectivity index is 2.12. The lowest BCUT2D eigenvalue weighted by Gasteiger charge is -2.22. The predicted octanol–water partition coefficient (Wildman–Crippen LogP) is 1.39. The fourth-order valence-corrected chi connectivity index (χ4v) is 2.61. The third-order valence-electron chi connectivity index (χ3n) is 3.35. The van der Waals surface area contributed by atoms with Gasteiger partial charge < -0.3 is 9.64 Å². The van der Waals surface area contributed by atoms with Crippen LogP contribution >= 0.6 is 0 Å². The molecule has 3 rings (SSSR count). The van der Waals surface area contributed by atoms with Crippen LogP contribution in [0.3, 0.4) is 0 Å². The first-order valence-corrected chi connectivity index (χ1v) is 5.23. The highest BCUT2D eigenvalue weighted by Gasteiger charge is 2.48. The van der Waals surface area contributed by atoms with Gasteiger partial charge in [-0.2, -0.15) is 0 Å². The molecule has 1 unspecified atom stereocenters. The van der Waals surface area contributed by atoms with Crippen LogP contribution in [0.5, 0.6) is 0 Å². The predicted molar refractivity (Wildman–Crippen MR) is 55.6 cm³/mol. The van der Waals surface area contributed by atoms with E-state index in [4.69, 9.17) is 4.74 Å². The fourth-order valence-electron chi connectivity index (χ4n) is 2.61. The van der Waals surface area contributed by atoms with Crippen molar-refractivity contribution < 1.29 is 9.53 Å². The molecular weight excluding hydrogens is 190 g/mol. The smallest absolute Gasteiger partial charge is 0.339 e. The maximum atomic E-state index is 11.7. The van der Waals surface area contributed by atoms with Crippen LogP contribution in [-0.4, -0.2) is 31.0 Å². The highest BCUT2D eigenvalue weighted by Crippen LogP contribution is 2.42. The fraction of sp³-hybridized carbons (Fsp3) is 0.417. The third kappa shape index (κ3) is 1.13. The van der Waals surface area contributed by atoms with Crippen molar-refractivity contribution in [1.29, 1.82) is 0 Å². The zero-order valence-corrected chi connectivity index (χ0v) is 8.69. The molecule has 0 amide bonds. The van der Waals surface area contributed by atoms with Crippen LogP contribution in [0.1, 0.15) is 22.3 Å². The van der Waals surface area contributed by atoms with Gasteiger partial charge in [0.05, 0.1) is 5.56 Å². The second kappa shape index (κ2) is 2.83. The first-order valence-electron chi connectivity index (χ1n) is 5.23. The zero-order valence-electron chi connectivity index (χ0n) is 8.69. The molecule has 0 radical (unpaired) electrons. The molecule has 1 aromatic carbocycles. The van der Waals surface area contributed by atoms with Gasteiger partial charge in [0.25, 0.3) is 0 Å². The molecular formula is C12H13NO2. The molecule has 1 saturated heterocycles. The van der Waals surface area contributed by atoms with E-state index >= 15 is 0 Å². The van der Waals surface area contributed by atoms with Gasteiger partial charge in [-0.05, 0) is 13.1 Å². The maximum absolute atomic E-state index is 11.7. The molecule has 1 atom stereocenters. The number of likely N-dealkylation sites (N-methyl/N-ethyl adjacent to an activating group) is 1. The summed E-state index contributed by atoms with van der Waals surface area (Å²) in [4.78, 5) is 13.9. The highest BCUT2D eigenvalue weighted by atomic mass is 16.6. The van der Waals surface area contributed by atoms with Gasteiger partial charge in [0.15, 0.2) is 5.60 Å². The van der Waals surface area contributed by atoms with E-state index in [1.165, 1.54) is 0 Å². The van der Waals surface area contributed by atoms with E-state index in [9.17, 15) is 4.79 Å². The minimum atomic E-state index is -0.359. The van der Waals surface area contributed by atoms with Gasteiger partial charge in [-0.15, -0.1) is 0 Å². The van der Waals surface area contributed by atoms with Gasteiger partial charge in [-0.3, -0.25) is 0 Å². The Hall–Kier alpha value is -1.35. The van der Waals surface area contributed by atoms with E-state index in [2.05, 4.69) is 11.9 Å². The van der Waals surface area contributed by atoms with E-state index < -0.39 is 0 Å². The number of ether oxygens (including phenoxy) is 1. The standard InChI is InChI=1S/C12H13NO2/c1-13-7-6-12(8-13)10-5-3-2-4-9(10)11(14)15-12/h2-5H,6-8H2,1H3. The number of fused-ring (bicyclic) bond motifs is 2. The lowest BCUT2D eigenvalue weighted by Crippen LogP contribution is -2.29. The molecule has 1 spiro atoms. The van der Waals surface area contributed by atoms with Gasteiger partial charge in [-0.25, -0.2) is 4.79 Å². The van der Waals surface area contributed by atoms with Gasteiger partial charge in [0.1, 0.15) is 0 Å². The van der Waals surface area contributed by atoms with Crippen LogP contribution < -0.4 is 0 Å². The number of carbonyl (C=O) groups excluding carboxylic acids is 1. The quantitative estimate of drug-likeness (QED) is 0.597. The molecule has 3 heteroatoms. The molecule has 1 fully saturated rings. The SMILES string of the molecule is CN1CCC2(C1)OC(=O)c1ccccc12. The molecule has 0 bridgehead atoms. The number of nitrogens with zero attached hydrogens (tertiary/aromatic N) is 1. The first-order chi connectivity index (χ1) is 7.21. The number of carbonyl (C=O) groups is 1. The van der Waals surface area contributed by atoms with E-state index in [0.717, 1.165) is 30.6 Å². The Morgan fingerprint density at radius 3 is 2.93 bits per heavy atom. The Kier molecular flexibility index (Phi) is 1.68. The molecule has 78 valence electrons. The molecule has 2 heterocycles. The summed E-state index contributed by atoms with van der Waals surface area (Å²) in [5.74, 6) is -0.166. The minimum Gasteiger partial charge on any atom is -0.449 e. The number of likely N-dealkylation sites (tertiary alicyclic amines) is 1. The number of hydrogen-bond donors (Lipinski definition) is 0. The zero-order chi connectivity index (χ0) is 10.5. The van der Waals surface area contributed by atoms with E-state index in [1.54, 1.807) is 0 Å². The maximum Gasteiger partial charge on any atom is 0.339 e. The van der Waals surface area contributed by atoms with Crippen molar-refractivity contribution in [3.63, 3.8) is 0 Å². The Morgan fingerprint density at radius 1 is 1.40 bits per heavy atom. The molecule has 0 aliphatic carbocycles. The van der Waals surface area contributed by atoms with Crippen molar-refractivity contribution in [3.8, 4) is 0 Å². The number of hydrogen-bond acceptors (Lipinski definition) is 3. The van der Waals surface area contributed by atoms with Crippen LogP contribution in [0, 0.1) is 0 Å². The Morgan fingerprint density at radius 2 is 2.20 bits per heavy atom. The first kappa shape index (κ1) is 8.92. The summed E-state index contributed by atoms with van der Waals surface area (Å²) >= 11 is 0. The van der Waals surface area contributed by atoms with Crippen molar-refractivity contribution in [2.75, 3.05) is 20.1 Å². The summed E-state index contributed by atoms with van der Waals surface area (Å²) in [5.41, 5.74) is 1.45. The Bertz CT molecular complexity index is 429. The number of esters is 1. The second-order valence-corrected chi connectivity index (χ2v) is 4.42. The van der Waals surface area contributed by atoms with Crippen LogP contribution in [0.4, 0.5) is 0 Å². The van der Waals surface area contributed by atoms with Crippen molar-refractivity contribution in [2.24, 2.45) is 0 Å². The van der Waals surface area contributed by atoms with Crippen LogP contribution in [0.2, 0.25) is 0 Å². The van der Waals surface area contributed by atoms with Crippen molar-refractivity contribution in [2.45, 2.75) is 12.0 Å². The summed E-state index contributed by atoms with van der Waals surface area (Å²) in [6.07, 6.45) is 0.909. The summed E-state index contributed by atoms with van der Waals surface area (Å²) in [6.45, 7) is 1.80. The van der Waals surface area contributed by atoms with Crippen LogP contribution in [0.15, 0.2) is 24.3 Å². The average molecular weight is 203 g/mol. The average Bonchev–Trinajstić information content (AvgIpc) is 2.72. The summed E-state index contributed by atoms with van der Waals surface area (Å²) in [6, 6.07) is 7.72. The van der Waals surface area contributed by atoms with Gasteiger partial charge >= 0.3 is 5.97 Å². The van der Waals surface area contributed by atoms with E-state index in [-0.39, 0.29) is 11.6 Å². The van der Waals surface area contributed by atoms with E-state index in [0.29, 0.717) is 0 Å². The molecule has 3 nitrogen and oxygen atoms in total. The van der Waals surface area contributed by atoms with Gasteiger partial charge in [0.2, 0.25) is 0 Å². The van der Waals surface area contributed by atoms with Crippen LogP contribution in [-0.2, 0) is 10.3 Å². The van der Waals surface area contributed by atoms with Gasteiger partial charge in [0, 0.05) is 25.1 Å². The second-order valence-electron chi connectivity index (χ2n) is 4.42. The topological polar surface area (TPSA) is 29.5 Å². The summed E-state index contributed by atoms with van der Waals surface area (Å²) in [7, 11) is 2.06. The lowest BCUT2D eigenvalue weighted by molar-refractivity contribution is -0.00224. The highest BCUT2D eigenvalue weighted by molar-refractivity contribution is 5.94. The Labute approximate surface area is 88.6 Å². The molecule has 0 saturated carbocycles. The third-order valence-corrected chi connectivity index (χ3v) is 3.35. The number of benzene rings is 1. The molecule has 0 N–H and O–H groups in total. The lowest BCUT2D eigenvalue weighted by atomic mass is 9.92.